The summed E-state index contributed by atoms with van der Waals surface area (Å²) in [6.45, 7) is 7.68. The standard InChI is InChI=1S/C17H32N6O2/c1-4-18-17(22(2)12-16-20-14-21-23(16)3)19-8-5-9-25-13-15-6-10-24-11-7-15/h14-15H,4-13H2,1-3H3,(H,18,19). The average molecular weight is 352 g/mol. The van der Waals surface area contributed by atoms with E-state index in [1.54, 1.807) is 11.0 Å². The van der Waals surface area contributed by atoms with E-state index in [1.807, 2.05) is 14.1 Å². The fourth-order valence-electron chi connectivity index (χ4n) is 2.73. The van der Waals surface area contributed by atoms with Gasteiger partial charge >= 0.3 is 0 Å². The molecule has 0 unspecified atom stereocenters. The molecule has 8 nitrogen and oxygen atoms in total. The van der Waals surface area contributed by atoms with Crippen molar-refractivity contribution < 1.29 is 9.47 Å². The van der Waals surface area contributed by atoms with Crippen molar-refractivity contribution in [3.8, 4) is 0 Å². The van der Waals surface area contributed by atoms with Crippen LogP contribution in [0.3, 0.4) is 0 Å². The number of aryl methyl sites for hydroxylation is 1. The van der Waals surface area contributed by atoms with Crippen LogP contribution >= 0.6 is 0 Å². The Hall–Kier alpha value is -1.67. The molecule has 1 saturated heterocycles. The van der Waals surface area contributed by atoms with Crippen LogP contribution in [-0.4, -0.2) is 72.2 Å². The number of nitrogens with zero attached hydrogens (tertiary/aromatic N) is 5. The number of guanidine groups is 1. The van der Waals surface area contributed by atoms with Crippen molar-refractivity contribution in [3.05, 3.63) is 12.2 Å². The van der Waals surface area contributed by atoms with Gasteiger partial charge in [-0.2, -0.15) is 5.10 Å². The fourth-order valence-corrected chi connectivity index (χ4v) is 2.73. The Morgan fingerprint density at radius 1 is 1.48 bits per heavy atom. The number of hydrogen-bond acceptors (Lipinski definition) is 5. The highest BCUT2D eigenvalue weighted by Crippen LogP contribution is 2.14. The molecular formula is C17H32N6O2. The Morgan fingerprint density at radius 2 is 2.28 bits per heavy atom. The largest absolute Gasteiger partial charge is 0.381 e. The summed E-state index contributed by atoms with van der Waals surface area (Å²) in [6.07, 6.45) is 4.74. The maximum Gasteiger partial charge on any atom is 0.194 e. The van der Waals surface area contributed by atoms with Gasteiger partial charge in [0.15, 0.2) is 5.96 Å². The van der Waals surface area contributed by atoms with Crippen molar-refractivity contribution in [1.29, 1.82) is 0 Å². The van der Waals surface area contributed by atoms with Crippen molar-refractivity contribution in [2.24, 2.45) is 18.0 Å². The highest BCUT2D eigenvalue weighted by molar-refractivity contribution is 5.79. The first-order chi connectivity index (χ1) is 12.2. The van der Waals surface area contributed by atoms with Gasteiger partial charge in [0.05, 0.1) is 6.54 Å². The molecular weight excluding hydrogens is 320 g/mol. The SMILES string of the molecule is CCNC(=NCCCOCC1CCOCC1)N(C)Cc1ncnn1C. The molecule has 0 radical (unpaired) electrons. The Bertz CT molecular complexity index is 513. The molecule has 0 spiro atoms. The van der Waals surface area contributed by atoms with Crippen LogP contribution in [0.25, 0.3) is 0 Å². The smallest absolute Gasteiger partial charge is 0.194 e. The van der Waals surface area contributed by atoms with E-state index in [0.29, 0.717) is 12.5 Å². The van der Waals surface area contributed by atoms with Crippen molar-refractivity contribution in [3.63, 3.8) is 0 Å². The number of ether oxygens (including phenoxy) is 2. The third kappa shape index (κ3) is 6.99. The summed E-state index contributed by atoms with van der Waals surface area (Å²) in [5.74, 6) is 2.45. The van der Waals surface area contributed by atoms with Crippen LogP contribution in [0.1, 0.15) is 32.0 Å². The highest BCUT2D eigenvalue weighted by atomic mass is 16.5. The second-order valence-electron chi connectivity index (χ2n) is 6.38. The van der Waals surface area contributed by atoms with E-state index in [9.17, 15) is 0 Å². The summed E-state index contributed by atoms with van der Waals surface area (Å²) >= 11 is 0. The summed E-state index contributed by atoms with van der Waals surface area (Å²) in [6, 6.07) is 0. The maximum absolute atomic E-state index is 5.80. The van der Waals surface area contributed by atoms with Gasteiger partial charge in [0.2, 0.25) is 0 Å². The third-order valence-corrected chi connectivity index (χ3v) is 4.28. The topological polar surface area (TPSA) is 76.8 Å². The second-order valence-corrected chi connectivity index (χ2v) is 6.38. The van der Waals surface area contributed by atoms with E-state index in [2.05, 4.69) is 32.2 Å². The molecule has 8 heteroatoms. The maximum atomic E-state index is 5.80. The summed E-state index contributed by atoms with van der Waals surface area (Å²) in [5.41, 5.74) is 0. The average Bonchev–Trinajstić information content (AvgIpc) is 3.02. The normalized spacial score (nSPS) is 16.2. The van der Waals surface area contributed by atoms with Gasteiger partial charge in [-0.3, -0.25) is 9.67 Å². The molecule has 2 heterocycles. The van der Waals surface area contributed by atoms with Gasteiger partial charge in [-0.05, 0) is 32.1 Å². The molecule has 1 aromatic rings. The monoisotopic (exact) mass is 352 g/mol. The molecule has 1 aliphatic heterocycles. The Morgan fingerprint density at radius 3 is 2.96 bits per heavy atom. The van der Waals surface area contributed by atoms with Gasteiger partial charge in [-0.15, -0.1) is 0 Å². The lowest BCUT2D eigenvalue weighted by Gasteiger charge is -2.22. The minimum absolute atomic E-state index is 0.659. The van der Waals surface area contributed by atoms with Crippen LogP contribution < -0.4 is 5.32 Å². The van der Waals surface area contributed by atoms with Gasteiger partial charge in [-0.25, -0.2) is 4.98 Å². The van der Waals surface area contributed by atoms with E-state index in [0.717, 1.165) is 70.6 Å². The molecule has 1 fully saturated rings. The fraction of sp³-hybridized carbons (Fsp3) is 0.824. The van der Waals surface area contributed by atoms with E-state index < -0.39 is 0 Å². The van der Waals surface area contributed by atoms with Crippen LogP contribution in [0.2, 0.25) is 0 Å². The minimum Gasteiger partial charge on any atom is -0.381 e. The summed E-state index contributed by atoms with van der Waals surface area (Å²) in [4.78, 5) is 11.0. The summed E-state index contributed by atoms with van der Waals surface area (Å²) in [5, 5.41) is 7.42. The number of rotatable bonds is 9. The van der Waals surface area contributed by atoms with Crippen molar-refractivity contribution in [1.82, 2.24) is 25.0 Å². The molecule has 1 N–H and O–H groups in total. The Balaban J connectivity index is 1.68. The van der Waals surface area contributed by atoms with Crippen LogP contribution in [0.15, 0.2) is 11.3 Å². The molecule has 25 heavy (non-hydrogen) atoms. The minimum atomic E-state index is 0.659. The summed E-state index contributed by atoms with van der Waals surface area (Å²) in [7, 11) is 3.91. The van der Waals surface area contributed by atoms with Gasteiger partial charge < -0.3 is 19.7 Å². The van der Waals surface area contributed by atoms with E-state index in [4.69, 9.17) is 9.47 Å². The van der Waals surface area contributed by atoms with Crippen LogP contribution in [0, 0.1) is 5.92 Å². The van der Waals surface area contributed by atoms with Gasteiger partial charge in [-0.1, -0.05) is 0 Å². The molecule has 1 aliphatic rings. The lowest BCUT2D eigenvalue weighted by Crippen LogP contribution is -2.39. The molecule has 0 amide bonds. The zero-order chi connectivity index (χ0) is 17.9. The number of hydrogen-bond donors (Lipinski definition) is 1. The molecule has 0 bridgehead atoms. The van der Waals surface area contributed by atoms with E-state index in [1.165, 1.54) is 0 Å². The third-order valence-electron chi connectivity index (χ3n) is 4.28. The zero-order valence-corrected chi connectivity index (χ0v) is 15.8. The van der Waals surface area contributed by atoms with Gasteiger partial charge in [0.1, 0.15) is 12.2 Å². The van der Waals surface area contributed by atoms with Crippen LogP contribution in [-0.2, 0) is 23.1 Å². The predicted octanol–water partition coefficient (Wildman–Crippen LogP) is 1.05. The molecule has 0 saturated carbocycles. The van der Waals surface area contributed by atoms with Crippen LogP contribution in [0.5, 0.6) is 0 Å². The highest BCUT2D eigenvalue weighted by Gasteiger charge is 2.13. The zero-order valence-electron chi connectivity index (χ0n) is 15.8. The quantitative estimate of drug-likeness (QED) is 0.407. The van der Waals surface area contributed by atoms with Gasteiger partial charge in [0, 0.05) is 53.6 Å². The number of aromatic nitrogens is 3. The van der Waals surface area contributed by atoms with Crippen molar-refractivity contribution in [2.45, 2.75) is 32.7 Å². The number of nitrogens with one attached hydrogen (secondary N) is 1. The molecule has 0 aromatic carbocycles. The molecule has 142 valence electrons. The van der Waals surface area contributed by atoms with Crippen LogP contribution in [0.4, 0.5) is 0 Å². The lowest BCUT2D eigenvalue weighted by atomic mass is 10.0. The lowest BCUT2D eigenvalue weighted by molar-refractivity contribution is 0.0205. The first-order valence-electron chi connectivity index (χ1n) is 9.18. The second kappa shape index (κ2) is 11.0. The predicted molar refractivity (Wildman–Crippen MR) is 97.4 cm³/mol. The first kappa shape index (κ1) is 19.7. The molecule has 0 aliphatic carbocycles. The molecule has 2 rings (SSSR count). The van der Waals surface area contributed by atoms with Crippen molar-refractivity contribution >= 4 is 5.96 Å². The molecule has 0 atom stereocenters. The first-order valence-corrected chi connectivity index (χ1v) is 9.18. The summed E-state index contributed by atoms with van der Waals surface area (Å²) < 4.78 is 12.9. The Kier molecular flexibility index (Phi) is 8.68. The van der Waals surface area contributed by atoms with Gasteiger partial charge in [0.25, 0.3) is 0 Å². The van der Waals surface area contributed by atoms with E-state index >= 15 is 0 Å². The van der Waals surface area contributed by atoms with E-state index in [-0.39, 0.29) is 0 Å². The Labute approximate surface area is 150 Å². The molecule has 1 aromatic heterocycles. The van der Waals surface area contributed by atoms with Crippen molar-refractivity contribution in [2.75, 3.05) is 46.6 Å². The number of aliphatic imine (C=N–C) groups is 1.